The monoisotopic (exact) mass is 481 g/mol. The van der Waals surface area contributed by atoms with E-state index < -0.39 is 0 Å². The van der Waals surface area contributed by atoms with Crippen molar-refractivity contribution >= 4 is 46.0 Å². The molecule has 2 aromatic heterocycles. The molecule has 0 spiro atoms. The lowest BCUT2D eigenvalue weighted by Gasteiger charge is -2.13. The van der Waals surface area contributed by atoms with Gasteiger partial charge >= 0.3 is 0 Å². The van der Waals surface area contributed by atoms with Crippen molar-refractivity contribution in [2.45, 2.75) is 16.6 Å². The van der Waals surface area contributed by atoms with Crippen LogP contribution in [0, 0.1) is 0 Å². The first-order valence-electron chi connectivity index (χ1n) is 10.0. The van der Waals surface area contributed by atoms with E-state index in [4.69, 9.17) is 13.9 Å². The summed E-state index contributed by atoms with van der Waals surface area (Å²) in [6.45, 7) is 0.300. The number of hydrogen-bond acceptors (Lipinski definition) is 8. The standard InChI is InChI=1S/C23H19N3O5S2/c1-32-16-6-2-4-14(8-16)24-21(27)12-33-23-25-18-10-20-19(30-13-31-20)9-17(18)22(28)26(23)11-15-5-3-7-29-15/h2-10H,11-13H2,1H3,(H,24,27). The summed E-state index contributed by atoms with van der Waals surface area (Å²) in [6.07, 6.45) is 3.53. The van der Waals surface area contributed by atoms with Crippen molar-refractivity contribution in [3.8, 4) is 11.5 Å². The van der Waals surface area contributed by atoms with Crippen molar-refractivity contribution < 1.29 is 18.7 Å². The second-order valence-electron chi connectivity index (χ2n) is 7.16. The third-order valence-corrected chi connectivity index (χ3v) is 6.70. The molecule has 2 aromatic carbocycles. The average molecular weight is 482 g/mol. The van der Waals surface area contributed by atoms with Crippen LogP contribution in [0.15, 0.2) is 74.1 Å². The zero-order valence-corrected chi connectivity index (χ0v) is 19.2. The lowest BCUT2D eigenvalue weighted by Crippen LogP contribution is -2.24. The number of anilines is 1. The largest absolute Gasteiger partial charge is 0.467 e. The highest BCUT2D eigenvalue weighted by Crippen LogP contribution is 2.35. The number of amides is 1. The Labute approximate surface area is 197 Å². The van der Waals surface area contributed by atoms with Crippen molar-refractivity contribution in [1.29, 1.82) is 0 Å². The number of fused-ring (bicyclic) bond motifs is 2. The van der Waals surface area contributed by atoms with Crippen molar-refractivity contribution in [3.05, 3.63) is 70.9 Å². The number of thioether (sulfide) groups is 2. The minimum atomic E-state index is -0.245. The smallest absolute Gasteiger partial charge is 0.262 e. The van der Waals surface area contributed by atoms with Crippen molar-refractivity contribution in [2.75, 3.05) is 24.1 Å². The molecule has 10 heteroatoms. The van der Waals surface area contributed by atoms with Gasteiger partial charge in [0, 0.05) is 16.6 Å². The van der Waals surface area contributed by atoms with E-state index in [1.54, 1.807) is 42.3 Å². The topological polar surface area (TPSA) is 95.6 Å². The minimum Gasteiger partial charge on any atom is -0.467 e. The van der Waals surface area contributed by atoms with E-state index in [0.717, 1.165) is 10.6 Å². The molecular formula is C23H19N3O5S2. The lowest BCUT2D eigenvalue weighted by molar-refractivity contribution is -0.113. The molecule has 33 heavy (non-hydrogen) atoms. The van der Waals surface area contributed by atoms with E-state index >= 15 is 0 Å². The highest BCUT2D eigenvalue weighted by Gasteiger charge is 2.20. The van der Waals surface area contributed by atoms with Crippen LogP contribution >= 0.6 is 23.5 Å². The molecule has 0 atom stereocenters. The molecule has 0 fully saturated rings. The number of carbonyl (C=O) groups excluding carboxylic acids is 1. The maximum atomic E-state index is 13.4. The summed E-state index contributed by atoms with van der Waals surface area (Å²) >= 11 is 2.79. The maximum Gasteiger partial charge on any atom is 0.262 e. The number of nitrogens with one attached hydrogen (secondary N) is 1. The normalized spacial score (nSPS) is 12.3. The molecule has 8 nitrogen and oxygen atoms in total. The zero-order chi connectivity index (χ0) is 22.8. The highest BCUT2D eigenvalue weighted by molar-refractivity contribution is 7.99. The number of nitrogens with zero attached hydrogens (tertiary/aromatic N) is 2. The fourth-order valence-corrected chi connectivity index (χ4v) is 4.68. The summed E-state index contributed by atoms with van der Waals surface area (Å²) in [6, 6.07) is 14.5. The summed E-state index contributed by atoms with van der Waals surface area (Å²) < 4.78 is 17.8. The third kappa shape index (κ3) is 4.57. The van der Waals surface area contributed by atoms with E-state index in [0.29, 0.717) is 33.3 Å². The van der Waals surface area contributed by atoms with Crippen molar-refractivity contribution in [1.82, 2.24) is 9.55 Å². The van der Waals surface area contributed by atoms with Gasteiger partial charge in [0.2, 0.25) is 12.7 Å². The van der Waals surface area contributed by atoms with E-state index in [-0.39, 0.29) is 30.6 Å². The Hall–Kier alpha value is -3.37. The van der Waals surface area contributed by atoms with Crippen LogP contribution in [0.2, 0.25) is 0 Å². The van der Waals surface area contributed by atoms with Crippen LogP contribution in [0.4, 0.5) is 5.69 Å². The second kappa shape index (κ2) is 9.24. The Balaban J connectivity index is 1.44. The molecule has 1 N–H and O–H groups in total. The summed E-state index contributed by atoms with van der Waals surface area (Å²) in [5, 5.41) is 3.72. The fourth-order valence-electron chi connectivity index (χ4n) is 3.43. The van der Waals surface area contributed by atoms with Gasteiger partial charge in [-0.25, -0.2) is 4.98 Å². The molecule has 5 rings (SSSR count). The SMILES string of the molecule is CSc1cccc(NC(=O)CSc2nc3cc4c(cc3c(=O)n2Cc2ccco2)OCO4)c1. The Morgan fingerprint density at radius 3 is 2.79 bits per heavy atom. The van der Waals surface area contributed by atoms with Gasteiger partial charge in [-0.1, -0.05) is 17.8 Å². The lowest BCUT2D eigenvalue weighted by atomic mass is 10.2. The first-order chi connectivity index (χ1) is 16.1. The van der Waals surface area contributed by atoms with Gasteiger partial charge in [-0.05, 0) is 42.7 Å². The second-order valence-corrected chi connectivity index (χ2v) is 8.98. The molecule has 0 bridgehead atoms. The van der Waals surface area contributed by atoms with Gasteiger partial charge < -0.3 is 19.2 Å². The van der Waals surface area contributed by atoms with Crippen LogP contribution in [0.5, 0.6) is 11.5 Å². The molecule has 0 radical (unpaired) electrons. The third-order valence-electron chi connectivity index (χ3n) is 4.99. The highest BCUT2D eigenvalue weighted by atomic mass is 32.2. The summed E-state index contributed by atoms with van der Waals surface area (Å²) in [5.41, 5.74) is 0.959. The molecule has 4 aromatic rings. The number of hydrogen-bond donors (Lipinski definition) is 1. The van der Waals surface area contributed by atoms with Gasteiger partial charge in [0.15, 0.2) is 16.7 Å². The van der Waals surface area contributed by atoms with Crippen LogP contribution in [0.3, 0.4) is 0 Å². The van der Waals surface area contributed by atoms with Crippen LogP contribution in [0.1, 0.15) is 5.76 Å². The fraction of sp³-hybridized carbons (Fsp3) is 0.174. The van der Waals surface area contributed by atoms with Gasteiger partial charge in [-0.3, -0.25) is 14.2 Å². The molecule has 1 aliphatic heterocycles. The molecule has 168 valence electrons. The van der Waals surface area contributed by atoms with E-state index in [1.165, 1.54) is 16.3 Å². The van der Waals surface area contributed by atoms with Crippen LogP contribution in [0.25, 0.3) is 10.9 Å². The molecule has 0 saturated heterocycles. The predicted octanol–water partition coefficient (Wildman–Crippen LogP) is 4.22. The molecule has 3 heterocycles. The van der Waals surface area contributed by atoms with Crippen LogP contribution < -0.4 is 20.3 Å². The number of benzene rings is 2. The van der Waals surface area contributed by atoms with E-state index in [1.807, 2.05) is 30.5 Å². The average Bonchev–Trinajstić information content (AvgIpc) is 3.50. The van der Waals surface area contributed by atoms with Gasteiger partial charge in [0.25, 0.3) is 5.56 Å². The Kier molecular flexibility index (Phi) is 6.01. The number of carbonyl (C=O) groups is 1. The number of aromatic nitrogens is 2. The number of ether oxygens (including phenoxy) is 2. The number of rotatable bonds is 7. The molecule has 1 amide bonds. The first-order valence-corrected chi connectivity index (χ1v) is 12.2. The van der Waals surface area contributed by atoms with Gasteiger partial charge in [0.1, 0.15) is 5.76 Å². The molecule has 1 aliphatic rings. The molecule has 0 saturated carbocycles. The zero-order valence-electron chi connectivity index (χ0n) is 17.6. The van der Waals surface area contributed by atoms with Crippen LogP contribution in [-0.2, 0) is 11.3 Å². The first kappa shape index (κ1) is 21.5. The quantitative estimate of drug-likeness (QED) is 0.310. The Bertz CT molecular complexity index is 1390. The summed E-state index contributed by atoms with van der Waals surface area (Å²) in [7, 11) is 0. The number of furan rings is 1. The van der Waals surface area contributed by atoms with Crippen LogP contribution in [-0.4, -0.2) is 34.3 Å². The molecular weight excluding hydrogens is 462 g/mol. The molecule has 0 unspecified atom stereocenters. The van der Waals surface area contributed by atoms with Gasteiger partial charge in [-0.2, -0.15) is 0 Å². The Morgan fingerprint density at radius 1 is 1.15 bits per heavy atom. The van der Waals surface area contributed by atoms with Gasteiger partial charge in [-0.15, -0.1) is 11.8 Å². The van der Waals surface area contributed by atoms with Gasteiger partial charge in [0.05, 0.1) is 29.5 Å². The van der Waals surface area contributed by atoms with E-state index in [9.17, 15) is 9.59 Å². The maximum absolute atomic E-state index is 13.4. The van der Waals surface area contributed by atoms with E-state index in [2.05, 4.69) is 10.3 Å². The summed E-state index contributed by atoms with van der Waals surface area (Å²) in [4.78, 5) is 31.7. The summed E-state index contributed by atoms with van der Waals surface area (Å²) in [5.74, 6) is 1.56. The van der Waals surface area contributed by atoms with Crippen molar-refractivity contribution in [3.63, 3.8) is 0 Å². The predicted molar refractivity (Wildman–Crippen MR) is 128 cm³/mol. The minimum absolute atomic E-state index is 0.0874. The van der Waals surface area contributed by atoms with Crippen molar-refractivity contribution in [2.24, 2.45) is 0 Å². The molecule has 0 aliphatic carbocycles. The Morgan fingerprint density at radius 2 is 2.00 bits per heavy atom.